The Hall–Kier alpha value is -0.830. The van der Waals surface area contributed by atoms with Gasteiger partial charge in [0.25, 0.3) is 0 Å². The highest BCUT2D eigenvalue weighted by Crippen LogP contribution is 2.31. The molecule has 1 aliphatic heterocycles. The Labute approximate surface area is 92.1 Å². The molecule has 3 atom stereocenters. The maximum absolute atomic E-state index is 11.2. The molecule has 0 aromatic carbocycles. The second-order valence-corrected chi connectivity index (χ2v) is 4.37. The van der Waals surface area contributed by atoms with E-state index >= 15 is 0 Å². The summed E-state index contributed by atoms with van der Waals surface area (Å²) in [5.41, 5.74) is 0.469. The molecular weight excluding hydrogens is 190 g/mol. The van der Waals surface area contributed by atoms with Gasteiger partial charge in [0.1, 0.15) is 6.61 Å². The smallest absolute Gasteiger partial charge is 0.333 e. The lowest BCUT2D eigenvalue weighted by atomic mass is 10.2. The summed E-state index contributed by atoms with van der Waals surface area (Å²) in [5.74, 6) is -0.282. The number of ether oxygens (including phenoxy) is 1. The molecule has 3 nitrogen and oxygen atoms in total. The van der Waals surface area contributed by atoms with Gasteiger partial charge in [-0.05, 0) is 27.2 Å². The van der Waals surface area contributed by atoms with Crippen molar-refractivity contribution in [2.24, 2.45) is 0 Å². The number of hydrogen-bond donors (Lipinski definition) is 0. The molecule has 0 aromatic rings. The normalized spacial score (nSPS) is 30.8. The van der Waals surface area contributed by atoms with Crippen molar-refractivity contribution in [2.45, 2.75) is 52.2 Å². The Morgan fingerprint density at radius 3 is 2.33 bits per heavy atom. The van der Waals surface area contributed by atoms with Crippen LogP contribution in [0.15, 0.2) is 12.2 Å². The van der Waals surface area contributed by atoms with Gasteiger partial charge in [-0.1, -0.05) is 13.5 Å². The van der Waals surface area contributed by atoms with Crippen molar-refractivity contribution in [3.05, 3.63) is 12.2 Å². The van der Waals surface area contributed by atoms with Crippen LogP contribution in [0, 0.1) is 0 Å². The van der Waals surface area contributed by atoms with Crippen LogP contribution in [-0.2, 0) is 9.53 Å². The van der Waals surface area contributed by atoms with Gasteiger partial charge in [-0.2, -0.15) is 0 Å². The van der Waals surface area contributed by atoms with Crippen LogP contribution in [0.3, 0.4) is 0 Å². The van der Waals surface area contributed by atoms with E-state index in [0.717, 1.165) is 6.42 Å². The Morgan fingerprint density at radius 1 is 1.47 bits per heavy atom. The van der Waals surface area contributed by atoms with Gasteiger partial charge in [-0.15, -0.1) is 0 Å². The van der Waals surface area contributed by atoms with Crippen molar-refractivity contribution < 1.29 is 9.53 Å². The first kappa shape index (κ1) is 12.2. The van der Waals surface area contributed by atoms with Crippen molar-refractivity contribution in [1.29, 1.82) is 0 Å². The van der Waals surface area contributed by atoms with Crippen LogP contribution in [0.5, 0.6) is 0 Å². The van der Waals surface area contributed by atoms with E-state index in [2.05, 4.69) is 32.3 Å². The zero-order valence-corrected chi connectivity index (χ0v) is 10.1. The Morgan fingerprint density at radius 2 is 2.00 bits per heavy atom. The first-order valence-corrected chi connectivity index (χ1v) is 5.59. The van der Waals surface area contributed by atoms with Crippen LogP contribution < -0.4 is 0 Å². The monoisotopic (exact) mass is 211 g/mol. The number of hydrogen-bond acceptors (Lipinski definition) is 3. The molecule has 1 heterocycles. The molecule has 86 valence electrons. The van der Waals surface area contributed by atoms with Gasteiger partial charge in [-0.25, -0.2) is 4.79 Å². The van der Waals surface area contributed by atoms with Gasteiger partial charge in [0.05, 0.1) is 0 Å². The fourth-order valence-electron chi connectivity index (χ4n) is 1.91. The minimum atomic E-state index is -0.282. The summed E-state index contributed by atoms with van der Waals surface area (Å²) in [6, 6.07) is 1.61. The molecule has 1 saturated heterocycles. The molecule has 0 aliphatic carbocycles. The molecule has 3 unspecified atom stereocenters. The average molecular weight is 211 g/mol. The molecule has 0 aromatic heterocycles. The number of carbonyl (C=O) groups is 1. The van der Waals surface area contributed by atoms with Gasteiger partial charge in [0.2, 0.25) is 0 Å². The fraction of sp³-hybridized carbons (Fsp3) is 0.750. The highest BCUT2D eigenvalue weighted by Gasteiger charge is 2.44. The SMILES string of the molecule is C=C(C)C(=O)OCC(CC)N1C(C)C1C. The minimum absolute atomic E-state index is 0.282. The van der Waals surface area contributed by atoms with Crippen LogP contribution in [-0.4, -0.2) is 35.6 Å². The Balaban J connectivity index is 2.36. The summed E-state index contributed by atoms with van der Waals surface area (Å²) in [4.78, 5) is 13.6. The summed E-state index contributed by atoms with van der Waals surface area (Å²) in [5, 5.41) is 0. The van der Waals surface area contributed by atoms with Gasteiger partial charge in [-0.3, -0.25) is 4.90 Å². The molecule has 0 N–H and O–H groups in total. The molecule has 0 saturated carbocycles. The van der Waals surface area contributed by atoms with Gasteiger partial charge < -0.3 is 4.74 Å². The molecule has 1 rings (SSSR count). The third kappa shape index (κ3) is 2.81. The molecule has 0 spiro atoms. The van der Waals surface area contributed by atoms with Crippen LogP contribution >= 0.6 is 0 Å². The highest BCUT2D eigenvalue weighted by molar-refractivity contribution is 5.86. The molecule has 1 aliphatic rings. The quantitative estimate of drug-likeness (QED) is 0.395. The van der Waals surface area contributed by atoms with E-state index in [1.54, 1.807) is 6.92 Å². The van der Waals surface area contributed by atoms with Crippen molar-refractivity contribution in [3.8, 4) is 0 Å². The lowest BCUT2D eigenvalue weighted by Gasteiger charge is -2.17. The molecular formula is C12H21NO2. The maximum Gasteiger partial charge on any atom is 0.333 e. The van der Waals surface area contributed by atoms with Crippen LogP contribution in [0.2, 0.25) is 0 Å². The molecule has 0 radical (unpaired) electrons. The fourth-order valence-corrected chi connectivity index (χ4v) is 1.91. The van der Waals surface area contributed by atoms with E-state index in [4.69, 9.17) is 4.74 Å². The molecule has 15 heavy (non-hydrogen) atoms. The summed E-state index contributed by atoms with van der Waals surface area (Å²) in [6.07, 6.45) is 1.01. The minimum Gasteiger partial charge on any atom is -0.461 e. The number of carbonyl (C=O) groups excluding carboxylic acids is 1. The third-order valence-electron chi connectivity index (χ3n) is 3.20. The summed E-state index contributed by atoms with van der Waals surface area (Å²) in [6.45, 7) is 12.2. The van der Waals surface area contributed by atoms with E-state index in [1.165, 1.54) is 0 Å². The van der Waals surface area contributed by atoms with E-state index in [1.807, 2.05) is 0 Å². The van der Waals surface area contributed by atoms with Crippen molar-refractivity contribution >= 4 is 5.97 Å². The maximum atomic E-state index is 11.2. The van der Waals surface area contributed by atoms with Crippen LogP contribution in [0.1, 0.15) is 34.1 Å². The standard InChI is InChI=1S/C12H21NO2/c1-6-11(13-9(4)10(13)5)7-15-12(14)8(2)3/h9-11H,2,6-7H2,1,3-5H3. The first-order chi connectivity index (χ1) is 6.99. The zero-order chi connectivity index (χ0) is 11.6. The van der Waals surface area contributed by atoms with Gasteiger partial charge in [0, 0.05) is 23.7 Å². The average Bonchev–Trinajstić information content (AvgIpc) is 2.76. The van der Waals surface area contributed by atoms with Crippen molar-refractivity contribution in [1.82, 2.24) is 4.90 Å². The lowest BCUT2D eigenvalue weighted by molar-refractivity contribution is -0.140. The topological polar surface area (TPSA) is 29.3 Å². The largest absolute Gasteiger partial charge is 0.461 e. The molecule has 3 heteroatoms. The summed E-state index contributed by atoms with van der Waals surface area (Å²) in [7, 11) is 0. The van der Waals surface area contributed by atoms with Gasteiger partial charge in [0.15, 0.2) is 0 Å². The highest BCUT2D eigenvalue weighted by atomic mass is 16.5. The molecule has 0 bridgehead atoms. The number of nitrogens with zero attached hydrogens (tertiary/aromatic N) is 1. The lowest BCUT2D eigenvalue weighted by Crippen LogP contribution is -2.27. The second kappa shape index (κ2) is 4.79. The van der Waals surface area contributed by atoms with E-state index < -0.39 is 0 Å². The summed E-state index contributed by atoms with van der Waals surface area (Å²) >= 11 is 0. The van der Waals surface area contributed by atoms with Gasteiger partial charge >= 0.3 is 5.97 Å². The number of esters is 1. The van der Waals surface area contributed by atoms with Crippen LogP contribution in [0.25, 0.3) is 0 Å². The predicted molar refractivity (Wildman–Crippen MR) is 60.6 cm³/mol. The number of rotatable bonds is 5. The predicted octanol–water partition coefficient (Wildman–Crippen LogP) is 1.98. The van der Waals surface area contributed by atoms with E-state index in [0.29, 0.717) is 30.3 Å². The van der Waals surface area contributed by atoms with E-state index in [9.17, 15) is 4.79 Å². The third-order valence-corrected chi connectivity index (χ3v) is 3.20. The molecule has 0 amide bonds. The Kier molecular flexibility index (Phi) is 3.91. The van der Waals surface area contributed by atoms with Crippen molar-refractivity contribution in [2.75, 3.05) is 6.61 Å². The summed E-state index contributed by atoms with van der Waals surface area (Å²) < 4.78 is 5.17. The first-order valence-electron chi connectivity index (χ1n) is 5.59. The van der Waals surface area contributed by atoms with Crippen LogP contribution in [0.4, 0.5) is 0 Å². The van der Waals surface area contributed by atoms with Crippen molar-refractivity contribution in [3.63, 3.8) is 0 Å². The zero-order valence-electron chi connectivity index (χ0n) is 10.1. The molecule has 1 fully saturated rings. The second-order valence-electron chi connectivity index (χ2n) is 4.37. The van der Waals surface area contributed by atoms with E-state index in [-0.39, 0.29) is 5.97 Å². The Bertz CT molecular complexity index is 254.